The lowest BCUT2D eigenvalue weighted by Gasteiger charge is -2.34. The lowest BCUT2D eigenvalue weighted by Crippen LogP contribution is -2.52. The van der Waals surface area contributed by atoms with Crippen molar-refractivity contribution in [3.05, 3.63) is 35.4 Å². The monoisotopic (exact) mass is 342 g/mol. The van der Waals surface area contributed by atoms with Crippen LogP contribution in [0.2, 0.25) is 0 Å². The highest BCUT2D eigenvalue weighted by atomic mass is 16.2. The highest BCUT2D eigenvalue weighted by Gasteiger charge is 2.32. The molecule has 3 rings (SSSR count). The Bertz CT molecular complexity index is 584. The Kier molecular flexibility index (Phi) is 6.11. The fraction of sp³-hybridized carbons (Fsp3) is 0.619. The van der Waals surface area contributed by atoms with Gasteiger partial charge < -0.3 is 5.32 Å². The fourth-order valence-electron chi connectivity index (χ4n) is 4.09. The van der Waals surface area contributed by atoms with Gasteiger partial charge in [0.05, 0.1) is 0 Å². The number of benzene rings is 1. The van der Waals surface area contributed by atoms with E-state index in [-0.39, 0.29) is 24.0 Å². The van der Waals surface area contributed by atoms with Gasteiger partial charge in [0.2, 0.25) is 0 Å². The maximum atomic E-state index is 13.1. The van der Waals surface area contributed by atoms with Gasteiger partial charge in [-0.1, -0.05) is 56.2 Å². The molecule has 25 heavy (non-hydrogen) atoms. The molecule has 4 heteroatoms. The number of carbonyl (C=O) groups is 2. The molecule has 1 aromatic carbocycles. The normalized spacial score (nSPS) is 19.4. The van der Waals surface area contributed by atoms with Crippen molar-refractivity contribution in [2.75, 3.05) is 0 Å². The van der Waals surface area contributed by atoms with Gasteiger partial charge >= 0.3 is 6.03 Å². The van der Waals surface area contributed by atoms with Gasteiger partial charge in [-0.2, -0.15) is 0 Å². The van der Waals surface area contributed by atoms with Crippen LogP contribution >= 0.6 is 0 Å². The molecular formula is C21H30N2O2. The van der Waals surface area contributed by atoms with Crippen molar-refractivity contribution in [1.82, 2.24) is 10.2 Å². The number of urea groups is 1. The maximum absolute atomic E-state index is 13.1. The first-order valence-corrected chi connectivity index (χ1v) is 9.86. The fourth-order valence-corrected chi connectivity index (χ4v) is 4.09. The van der Waals surface area contributed by atoms with Crippen molar-refractivity contribution in [2.24, 2.45) is 0 Å². The van der Waals surface area contributed by atoms with Crippen LogP contribution < -0.4 is 5.32 Å². The molecule has 2 aliphatic carbocycles. The molecule has 0 aromatic heterocycles. The molecule has 0 unspecified atom stereocenters. The van der Waals surface area contributed by atoms with Crippen molar-refractivity contribution in [3.8, 4) is 0 Å². The van der Waals surface area contributed by atoms with Crippen molar-refractivity contribution >= 4 is 11.9 Å². The molecule has 0 saturated heterocycles. The molecule has 136 valence electrons. The van der Waals surface area contributed by atoms with Crippen LogP contribution in [-0.4, -0.2) is 28.9 Å². The van der Waals surface area contributed by atoms with Gasteiger partial charge in [-0.05, 0) is 44.7 Å². The summed E-state index contributed by atoms with van der Waals surface area (Å²) >= 11 is 0. The quantitative estimate of drug-likeness (QED) is 0.857. The van der Waals surface area contributed by atoms with Crippen molar-refractivity contribution in [2.45, 2.75) is 83.2 Å². The van der Waals surface area contributed by atoms with E-state index in [1.54, 1.807) is 0 Å². The van der Waals surface area contributed by atoms with Crippen molar-refractivity contribution < 1.29 is 9.59 Å². The first-order chi connectivity index (χ1) is 12.1. The lowest BCUT2D eigenvalue weighted by molar-refractivity contribution is 0.0701. The zero-order valence-electron chi connectivity index (χ0n) is 15.3. The molecule has 0 heterocycles. The smallest absolute Gasteiger partial charge is 0.324 e. The van der Waals surface area contributed by atoms with E-state index in [2.05, 4.69) is 5.32 Å². The van der Waals surface area contributed by atoms with Crippen LogP contribution in [0.3, 0.4) is 0 Å². The molecule has 0 radical (unpaired) electrons. The highest BCUT2D eigenvalue weighted by molar-refractivity contribution is 6.04. The van der Waals surface area contributed by atoms with Crippen LogP contribution in [0.15, 0.2) is 24.3 Å². The Morgan fingerprint density at radius 1 is 0.880 bits per heavy atom. The van der Waals surface area contributed by atoms with Gasteiger partial charge in [0, 0.05) is 17.6 Å². The van der Waals surface area contributed by atoms with E-state index in [9.17, 15) is 9.59 Å². The number of imide groups is 1. The van der Waals surface area contributed by atoms with E-state index >= 15 is 0 Å². The zero-order chi connectivity index (χ0) is 17.6. The van der Waals surface area contributed by atoms with Crippen LogP contribution in [0.4, 0.5) is 4.79 Å². The van der Waals surface area contributed by atoms with E-state index < -0.39 is 0 Å². The Morgan fingerprint density at radius 3 is 2.04 bits per heavy atom. The van der Waals surface area contributed by atoms with Gasteiger partial charge in [-0.3, -0.25) is 9.69 Å². The number of carbonyl (C=O) groups excluding carboxylic acids is 2. The predicted octanol–water partition coefficient (Wildman–Crippen LogP) is 4.81. The first kappa shape index (κ1) is 18.0. The van der Waals surface area contributed by atoms with Crippen molar-refractivity contribution in [1.29, 1.82) is 0 Å². The third-order valence-corrected chi connectivity index (χ3v) is 5.61. The summed E-state index contributed by atoms with van der Waals surface area (Å²) in [5.41, 5.74) is 1.72. The molecule has 2 saturated carbocycles. The second kappa shape index (κ2) is 8.50. The molecule has 2 aliphatic rings. The number of nitrogens with zero attached hydrogens (tertiary/aromatic N) is 1. The summed E-state index contributed by atoms with van der Waals surface area (Å²) in [4.78, 5) is 27.6. The summed E-state index contributed by atoms with van der Waals surface area (Å²) in [5, 5.41) is 3.14. The molecule has 1 N–H and O–H groups in total. The molecule has 1 aromatic rings. The molecule has 4 nitrogen and oxygen atoms in total. The van der Waals surface area contributed by atoms with Crippen LogP contribution in [0.5, 0.6) is 0 Å². The SMILES string of the molecule is Cc1ccc(C(=O)N(C(=O)NC2CCCCC2)C2CCCCC2)cc1. The summed E-state index contributed by atoms with van der Waals surface area (Å²) in [6, 6.07) is 7.60. The molecule has 0 bridgehead atoms. The Morgan fingerprint density at radius 2 is 1.44 bits per heavy atom. The van der Waals surface area contributed by atoms with Crippen LogP contribution in [0.25, 0.3) is 0 Å². The van der Waals surface area contributed by atoms with Gasteiger partial charge in [0.25, 0.3) is 5.91 Å². The zero-order valence-corrected chi connectivity index (χ0v) is 15.3. The van der Waals surface area contributed by atoms with Crippen molar-refractivity contribution in [3.63, 3.8) is 0 Å². The first-order valence-electron chi connectivity index (χ1n) is 9.86. The Hall–Kier alpha value is -1.84. The summed E-state index contributed by atoms with van der Waals surface area (Å²) in [7, 11) is 0. The summed E-state index contributed by atoms with van der Waals surface area (Å²) in [5.74, 6) is -0.153. The number of hydrogen-bond donors (Lipinski definition) is 1. The summed E-state index contributed by atoms with van der Waals surface area (Å²) < 4.78 is 0. The minimum Gasteiger partial charge on any atom is -0.335 e. The average molecular weight is 342 g/mol. The van der Waals surface area contributed by atoms with E-state index in [1.807, 2.05) is 31.2 Å². The lowest BCUT2D eigenvalue weighted by atomic mass is 9.93. The topological polar surface area (TPSA) is 49.4 Å². The van der Waals surface area contributed by atoms with E-state index in [0.29, 0.717) is 5.56 Å². The molecule has 0 atom stereocenters. The molecule has 0 spiro atoms. The Balaban J connectivity index is 1.77. The van der Waals surface area contributed by atoms with Gasteiger partial charge in [-0.15, -0.1) is 0 Å². The second-order valence-corrected chi connectivity index (χ2v) is 7.62. The van der Waals surface area contributed by atoms with E-state index in [4.69, 9.17) is 0 Å². The second-order valence-electron chi connectivity index (χ2n) is 7.62. The molecular weight excluding hydrogens is 312 g/mol. The van der Waals surface area contributed by atoms with E-state index in [0.717, 1.165) is 44.1 Å². The maximum Gasteiger partial charge on any atom is 0.324 e. The largest absolute Gasteiger partial charge is 0.335 e. The number of hydrogen-bond acceptors (Lipinski definition) is 2. The van der Waals surface area contributed by atoms with Gasteiger partial charge in [-0.25, -0.2) is 4.79 Å². The van der Waals surface area contributed by atoms with Gasteiger partial charge in [0.1, 0.15) is 0 Å². The number of amides is 3. The third kappa shape index (κ3) is 4.62. The average Bonchev–Trinajstić information content (AvgIpc) is 2.64. The predicted molar refractivity (Wildman–Crippen MR) is 99.6 cm³/mol. The third-order valence-electron chi connectivity index (χ3n) is 5.61. The summed E-state index contributed by atoms with van der Waals surface area (Å²) in [6.07, 6.45) is 10.9. The van der Waals surface area contributed by atoms with Gasteiger partial charge in [0.15, 0.2) is 0 Å². The van der Waals surface area contributed by atoms with Crippen LogP contribution in [0, 0.1) is 6.92 Å². The minimum absolute atomic E-state index is 0.0335. The molecule has 0 aliphatic heterocycles. The number of rotatable bonds is 3. The molecule has 3 amide bonds. The van der Waals surface area contributed by atoms with Crippen LogP contribution in [0.1, 0.15) is 80.1 Å². The standard InChI is InChI=1S/C21H30N2O2/c1-16-12-14-17(15-13-16)20(24)23(19-10-6-3-7-11-19)21(25)22-18-8-4-2-5-9-18/h12-15,18-19H,2-11H2,1H3,(H,22,25). The highest BCUT2D eigenvalue weighted by Crippen LogP contribution is 2.25. The molecule has 2 fully saturated rings. The van der Waals surface area contributed by atoms with Crippen LogP contribution in [-0.2, 0) is 0 Å². The van der Waals surface area contributed by atoms with E-state index in [1.165, 1.54) is 30.6 Å². The minimum atomic E-state index is -0.190. The summed E-state index contributed by atoms with van der Waals surface area (Å²) in [6.45, 7) is 2.00. The number of aryl methyl sites for hydroxylation is 1. The Labute approximate surface area is 151 Å². The number of nitrogens with one attached hydrogen (secondary N) is 1.